The lowest BCUT2D eigenvalue weighted by atomic mass is 9.68. The van der Waals surface area contributed by atoms with Gasteiger partial charge >= 0.3 is 0 Å². The Hall–Kier alpha value is -0.560. The van der Waals surface area contributed by atoms with E-state index >= 15 is 0 Å². The summed E-state index contributed by atoms with van der Waals surface area (Å²) in [6, 6.07) is 0. The summed E-state index contributed by atoms with van der Waals surface area (Å²) in [5, 5.41) is 0. The highest BCUT2D eigenvalue weighted by Gasteiger charge is 2.37. The van der Waals surface area contributed by atoms with Crippen LogP contribution in [0.4, 0.5) is 0 Å². The third kappa shape index (κ3) is 1.44. The van der Waals surface area contributed by atoms with Crippen molar-refractivity contribution in [1.82, 2.24) is 0 Å². The molecule has 0 N–H and O–H groups in total. The molecule has 14 heavy (non-hydrogen) atoms. The van der Waals surface area contributed by atoms with Crippen molar-refractivity contribution in [3.05, 3.63) is 23.3 Å². The largest absolute Gasteiger partial charge is 0.376 e. The molecule has 1 unspecified atom stereocenters. The molecule has 78 valence electrons. The van der Waals surface area contributed by atoms with Gasteiger partial charge in [-0.3, -0.25) is 0 Å². The van der Waals surface area contributed by atoms with Crippen LogP contribution in [0.2, 0.25) is 0 Å². The summed E-state index contributed by atoms with van der Waals surface area (Å²) in [7, 11) is 0. The van der Waals surface area contributed by atoms with Crippen molar-refractivity contribution in [3.63, 3.8) is 0 Å². The quantitative estimate of drug-likeness (QED) is 0.619. The molecule has 1 aliphatic carbocycles. The van der Waals surface area contributed by atoms with Crippen molar-refractivity contribution in [2.24, 2.45) is 11.3 Å². The molecule has 2 aliphatic rings. The molecule has 2 rings (SSSR count). The first-order chi connectivity index (χ1) is 6.64. The summed E-state index contributed by atoms with van der Waals surface area (Å²) in [6.07, 6.45) is 6.98. The molecule has 0 saturated heterocycles. The number of ether oxygens (including phenoxy) is 1. The lowest BCUT2D eigenvalue weighted by Gasteiger charge is -2.42. The third-order valence-electron chi connectivity index (χ3n) is 3.89. The average molecular weight is 192 g/mol. The van der Waals surface area contributed by atoms with Crippen LogP contribution in [0, 0.1) is 11.3 Å². The van der Waals surface area contributed by atoms with Crippen molar-refractivity contribution >= 4 is 0 Å². The van der Waals surface area contributed by atoms with Crippen LogP contribution in [-0.2, 0) is 4.74 Å². The van der Waals surface area contributed by atoms with Crippen molar-refractivity contribution in [2.45, 2.75) is 33.6 Å². The molecule has 1 atom stereocenters. The molecule has 0 aromatic carbocycles. The SMILES string of the molecule is CC(C)C1(C)COCC2=C1CCC=C2. The minimum Gasteiger partial charge on any atom is -0.376 e. The first-order valence-corrected chi connectivity index (χ1v) is 5.61. The fourth-order valence-electron chi connectivity index (χ4n) is 2.48. The number of hydrogen-bond donors (Lipinski definition) is 0. The zero-order valence-corrected chi connectivity index (χ0v) is 9.47. The normalized spacial score (nSPS) is 32.3. The van der Waals surface area contributed by atoms with Crippen molar-refractivity contribution in [2.75, 3.05) is 13.2 Å². The van der Waals surface area contributed by atoms with Gasteiger partial charge in [0.05, 0.1) is 13.2 Å². The van der Waals surface area contributed by atoms with Gasteiger partial charge in [0.15, 0.2) is 0 Å². The van der Waals surface area contributed by atoms with Crippen LogP contribution in [0.25, 0.3) is 0 Å². The molecule has 0 bridgehead atoms. The van der Waals surface area contributed by atoms with Gasteiger partial charge in [0.25, 0.3) is 0 Å². The molecule has 0 saturated carbocycles. The molecule has 0 spiro atoms. The van der Waals surface area contributed by atoms with Gasteiger partial charge in [0.1, 0.15) is 0 Å². The van der Waals surface area contributed by atoms with E-state index in [9.17, 15) is 0 Å². The first kappa shape index (κ1) is 9.97. The molecule has 0 radical (unpaired) electrons. The maximum atomic E-state index is 5.71. The molecule has 0 amide bonds. The van der Waals surface area contributed by atoms with Gasteiger partial charge in [-0.2, -0.15) is 0 Å². The standard InChI is InChI=1S/C13H20O/c1-10(2)13(3)9-14-8-11-6-4-5-7-12(11)13/h4,6,10H,5,7-9H2,1-3H3. The fourth-order valence-corrected chi connectivity index (χ4v) is 2.48. The van der Waals surface area contributed by atoms with Gasteiger partial charge in [0, 0.05) is 5.41 Å². The fraction of sp³-hybridized carbons (Fsp3) is 0.692. The Morgan fingerprint density at radius 1 is 1.43 bits per heavy atom. The van der Waals surface area contributed by atoms with Crippen molar-refractivity contribution in [1.29, 1.82) is 0 Å². The molecule has 1 heterocycles. The zero-order valence-electron chi connectivity index (χ0n) is 9.47. The summed E-state index contributed by atoms with van der Waals surface area (Å²) in [4.78, 5) is 0. The summed E-state index contributed by atoms with van der Waals surface area (Å²) >= 11 is 0. The number of hydrogen-bond acceptors (Lipinski definition) is 1. The van der Waals surface area contributed by atoms with Gasteiger partial charge in [-0.25, -0.2) is 0 Å². The van der Waals surface area contributed by atoms with Crippen LogP contribution >= 0.6 is 0 Å². The zero-order chi connectivity index (χ0) is 10.2. The minimum absolute atomic E-state index is 0.276. The topological polar surface area (TPSA) is 9.23 Å². The summed E-state index contributed by atoms with van der Waals surface area (Å²) in [5.74, 6) is 0.666. The molecule has 1 aliphatic heterocycles. The Labute approximate surface area is 86.8 Å². The van der Waals surface area contributed by atoms with Gasteiger partial charge < -0.3 is 4.74 Å². The van der Waals surface area contributed by atoms with Gasteiger partial charge in [0.2, 0.25) is 0 Å². The van der Waals surface area contributed by atoms with Crippen LogP contribution in [0.3, 0.4) is 0 Å². The molecule has 0 aromatic heterocycles. The second-order valence-corrected chi connectivity index (χ2v) is 5.01. The van der Waals surface area contributed by atoms with E-state index in [1.165, 1.54) is 18.4 Å². The van der Waals surface area contributed by atoms with E-state index in [-0.39, 0.29) is 5.41 Å². The van der Waals surface area contributed by atoms with Crippen LogP contribution in [0.5, 0.6) is 0 Å². The second kappa shape index (κ2) is 3.54. The Morgan fingerprint density at radius 3 is 2.93 bits per heavy atom. The van der Waals surface area contributed by atoms with Gasteiger partial charge in [-0.05, 0) is 24.3 Å². The highest BCUT2D eigenvalue weighted by Crippen LogP contribution is 2.44. The summed E-state index contributed by atoms with van der Waals surface area (Å²) in [5.41, 5.74) is 3.37. The highest BCUT2D eigenvalue weighted by molar-refractivity contribution is 5.36. The average Bonchev–Trinajstić information content (AvgIpc) is 2.18. The van der Waals surface area contributed by atoms with E-state index in [1.54, 1.807) is 5.57 Å². The smallest absolute Gasteiger partial charge is 0.0716 e. The van der Waals surface area contributed by atoms with Crippen LogP contribution in [0.1, 0.15) is 33.6 Å². The van der Waals surface area contributed by atoms with Crippen LogP contribution < -0.4 is 0 Å². The maximum absolute atomic E-state index is 5.71. The number of rotatable bonds is 1. The molecule has 0 fully saturated rings. The summed E-state index contributed by atoms with van der Waals surface area (Å²) < 4.78 is 5.71. The molecular weight excluding hydrogens is 172 g/mol. The Morgan fingerprint density at radius 2 is 2.21 bits per heavy atom. The van der Waals surface area contributed by atoms with Crippen LogP contribution in [-0.4, -0.2) is 13.2 Å². The van der Waals surface area contributed by atoms with Crippen LogP contribution in [0.15, 0.2) is 23.3 Å². The Balaban J connectivity index is 2.39. The minimum atomic E-state index is 0.276. The monoisotopic (exact) mass is 192 g/mol. The van der Waals surface area contributed by atoms with Crippen molar-refractivity contribution < 1.29 is 4.74 Å². The Bertz CT molecular complexity index is 286. The number of allylic oxidation sites excluding steroid dienone is 1. The van der Waals surface area contributed by atoms with E-state index in [1.807, 2.05) is 0 Å². The van der Waals surface area contributed by atoms with E-state index in [0.29, 0.717) is 5.92 Å². The molecule has 1 heteroatoms. The predicted octanol–water partition coefficient (Wildman–Crippen LogP) is 3.33. The van der Waals surface area contributed by atoms with E-state index < -0.39 is 0 Å². The maximum Gasteiger partial charge on any atom is 0.0716 e. The lowest BCUT2D eigenvalue weighted by molar-refractivity contribution is 0.0400. The Kier molecular flexibility index (Phi) is 2.52. The molecule has 1 nitrogen and oxygen atoms in total. The third-order valence-corrected chi connectivity index (χ3v) is 3.89. The van der Waals surface area contributed by atoms with Gasteiger partial charge in [-0.1, -0.05) is 38.5 Å². The summed E-state index contributed by atoms with van der Waals surface area (Å²) in [6.45, 7) is 8.69. The van der Waals surface area contributed by atoms with E-state index in [2.05, 4.69) is 32.9 Å². The van der Waals surface area contributed by atoms with E-state index in [0.717, 1.165) is 13.2 Å². The van der Waals surface area contributed by atoms with E-state index in [4.69, 9.17) is 4.74 Å². The van der Waals surface area contributed by atoms with Crippen molar-refractivity contribution in [3.8, 4) is 0 Å². The molecule has 0 aromatic rings. The first-order valence-electron chi connectivity index (χ1n) is 5.61. The molecular formula is C13H20O. The second-order valence-electron chi connectivity index (χ2n) is 5.01. The lowest BCUT2D eigenvalue weighted by Crippen LogP contribution is -2.37. The van der Waals surface area contributed by atoms with Gasteiger partial charge in [-0.15, -0.1) is 0 Å². The highest BCUT2D eigenvalue weighted by atomic mass is 16.5. The predicted molar refractivity (Wildman–Crippen MR) is 59.2 cm³/mol.